The Kier molecular flexibility index (Phi) is 6.38. The van der Waals surface area contributed by atoms with Crippen molar-refractivity contribution >= 4 is 35.1 Å². The molecule has 3 amide bonds. The molecule has 7 nitrogen and oxygen atoms in total. The average molecular weight is 597 g/mol. The number of amides is 3. The van der Waals surface area contributed by atoms with E-state index in [1.54, 1.807) is 6.07 Å². The summed E-state index contributed by atoms with van der Waals surface area (Å²) in [5, 5.41) is 2.27. The zero-order valence-corrected chi connectivity index (χ0v) is 22.9. The van der Waals surface area contributed by atoms with Gasteiger partial charge >= 0.3 is 12.1 Å². The van der Waals surface area contributed by atoms with Gasteiger partial charge in [0.25, 0.3) is 5.91 Å². The van der Waals surface area contributed by atoms with Gasteiger partial charge in [0.1, 0.15) is 0 Å². The highest BCUT2D eigenvalue weighted by Gasteiger charge is 2.61. The van der Waals surface area contributed by atoms with Crippen LogP contribution in [-0.2, 0) is 25.3 Å². The summed E-state index contributed by atoms with van der Waals surface area (Å²) in [4.78, 5) is 54.2. The van der Waals surface area contributed by atoms with Crippen molar-refractivity contribution in [2.45, 2.75) is 18.0 Å². The maximum absolute atomic E-state index is 14.0. The van der Waals surface area contributed by atoms with Gasteiger partial charge in [-0.05, 0) is 58.7 Å². The second-order valence-corrected chi connectivity index (χ2v) is 11.0. The smallest absolute Gasteiger partial charge is 0.416 e. The molecule has 0 radical (unpaired) electrons. The lowest BCUT2D eigenvalue weighted by Crippen LogP contribution is -2.41. The molecule has 0 unspecified atom stereocenters. The molecule has 1 aliphatic heterocycles. The second kappa shape index (κ2) is 10.2. The largest absolute Gasteiger partial charge is 0.452 e. The summed E-state index contributed by atoms with van der Waals surface area (Å²) in [6.45, 7) is -0.759. The molecule has 1 N–H and O–H groups in total. The molecule has 4 aromatic rings. The van der Waals surface area contributed by atoms with E-state index in [1.807, 2.05) is 48.5 Å². The van der Waals surface area contributed by atoms with Crippen LogP contribution in [0.4, 0.5) is 24.5 Å². The third kappa shape index (κ3) is 4.36. The molecule has 1 heterocycles. The molecule has 0 aromatic heterocycles. The standard InChI is InChI=1S/C34H23F3N2O5/c35-34(36,37)19-8-6-9-20(16-19)38-26(40)17-44-33(43)18-7-5-10-21(15-18)39-31(41)29-27-22-11-1-2-12-23(22)28(30(29)32(39)42)25-14-4-3-13-24(25)27/h1-16,27-30H,17H2,(H,38,40)/t27?,28?,29-,30+. The van der Waals surface area contributed by atoms with E-state index in [9.17, 15) is 32.3 Å². The lowest BCUT2D eigenvalue weighted by atomic mass is 9.55. The topological polar surface area (TPSA) is 92.8 Å². The van der Waals surface area contributed by atoms with Crippen LogP contribution < -0.4 is 10.2 Å². The van der Waals surface area contributed by atoms with Crippen molar-refractivity contribution in [1.29, 1.82) is 0 Å². The number of carbonyl (C=O) groups excluding carboxylic acids is 4. The number of esters is 1. The Balaban J connectivity index is 1.10. The van der Waals surface area contributed by atoms with Crippen LogP contribution in [0.2, 0.25) is 0 Å². The minimum Gasteiger partial charge on any atom is -0.452 e. The Hall–Kier alpha value is -5.25. The molecule has 3 aliphatic carbocycles. The summed E-state index contributed by atoms with van der Waals surface area (Å²) >= 11 is 0. The number of benzene rings is 4. The van der Waals surface area contributed by atoms with Gasteiger partial charge in [-0.25, -0.2) is 9.69 Å². The van der Waals surface area contributed by atoms with Crippen LogP contribution in [0.15, 0.2) is 97.1 Å². The monoisotopic (exact) mass is 596 g/mol. The molecule has 1 saturated heterocycles. The van der Waals surface area contributed by atoms with Crippen LogP contribution in [0.25, 0.3) is 0 Å². The maximum Gasteiger partial charge on any atom is 0.416 e. The molecule has 4 aromatic carbocycles. The Morgan fingerprint density at radius 1 is 0.727 bits per heavy atom. The molecule has 0 saturated carbocycles. The number of ether oxygens (including phenoxy) is 1. The van der Waals surface area contributed by atoms with E-state index < -0.39 is 42.1 Å². The van der Waals surface area contributed by atoms with Crippen molar-refractivity contribution < 1.29 is 37.1 Å². The number of imide groups is 1. The van der Waals surface area contributed by atoms with E-state index in [1.165, 1.54) is 24.3 Å². The van der Waals surface area contributed by atoms with Gasteiger partial charge in [0, 0.05) is 17.5 Å². The third-order valence-corrected chi connectivity index (χ3v) is 8.60. The van der Waals surface area contributed by atoms with Crippen LogP contribution in [0.3, 0.4) is 0 Å². The van der Waals surface area contributed by atoms with Crippen LogP contribution in [0, 0.1) is 11.8 Å². The Morgan fingerprint density at radius 2 is 1.27 bits per heavy atom. The number of nitrogens with zero attached hydrogens (tertiary/aromatic N) is 1. The van der Waals surface area contributed by atoms with E-state index in [0.29, 0.717) is 0 Å². The summed E-state index contributed by atoms with van der Waals surface area (Å²) < 4.78 is 44.0. The van der Waals surface area contributed by atoms with Crippen molar-refractivity contribution in [2.24, 2.45) is 11.8 Å². The Morgan fingerprint density at radius 3 is 1.82 bits per heavy atom. The van der Waals surface area contributed by atoms with Crippen molar-refractivity contribution in [3.8, 4) is 0 Å². The van der Waals surface area contributed by atoms with Crippen molar-refractivity contribution in [3.05, 3.63) is 130 Å². The lowest BCUT2D eigenvalue weighted by Gasteiger charge is -2.45. The predicted octanol–water partition coefficient (Wildman–Crippen LogP) is 5.90. The van der Waals surface area contributed by atoms with Gasteiger partial charge in [-0.15, -0.1) is 0 Å². The average Bonchev–Trinajstić information content (AvgIpc) is 3.29. The number of halogens is 3. The zero-order valence-electron chi connectivity index (χ0n) is 22.9. The molecule has 4 aliphatic rings. The van der Waals surface area contributed by atoms with Gasteiger partial charge in [0.05, 0.1) is 28.7 Å². The quantitative estimate of drug-likeness (QED) is 0.229. The minimum absolute atomic E-state index is 0.000570. The van der Waals surface area contributed by atoms with E-state index in [0.717, 1.165) is 45.4 Å². The number of alkyl halides is 3. The minimum atomic E-state index is -4.58. The first kappa shape index (κ1) is 27.6. The second-order valence-electron chi connectivity index (χ2n) is 11.0. The molecular weight excluding hydrogens is 573 g/mol. The molecule has 220 valence electrons. The van der Waals surface area contributed by atoms with Crippen molar-refractivity contribution in [2.75, 3.05) is 16.8 Å². The fourth-order valence-corrected chi connectivity index (χ4v) is 6.89. The predicted molar refractivity (Wildman–Crippen MR) is 153 cm³/mol. The van der Waals surface area contributed by atoms with Crippen LogP contribution >= 0.6 is 0 Å². The third-order valence-electron chi connectivity index (χ3n) is 8.60. The van der Waals surface area contributed by atoms with Gasteiger partial charge in [-0.3, -0.25) is 14.4 Å². The number of anilines is 2. The molecule has 2 atom stereocenters. The first-order valence-electron chi connectivity index (χ1n) is 13.9. The summed E-state index contributed by atoms with van der Waals surface area (Å²) in [7, 11) is 0. The Labute approximate surface area is 249 Å². The molecule has 10 heteroatoms. The zero-order chi connectivity index (χ0) is 30.7. The SMILES string of the molecule is O=C(COC(=O)c1cccc(N2C(=O)[C@@H]3C4c5ccccc5C(c5ccccc54)[C@@H]3C2=O)c1)Nc1cccc(C(F)(F)F)c1. The van der Waals surface area contributed by atoms with E-state index in [2.05, 4.69) is 5.32 Å². The summed E-state index contributed by atoms with van der Waals surface area (Å²) in [6.07, 6.45) is -4.58. The molecule has 1 fully saturated rings. The normalized spacial score (nSPS) is 21.4. The number of carbonyl (C=O) groups is 4. The lowest BCUT2D eigenvalue weighted by molar-refractivity contribution is -0.137. The van der Waals surface area contributed by atoms with Crippen LogP contribution in [-0.4, -0.2) is 30.3 Å². The first-order valence-corrected chi connectivity index (χ1v) is 13.9. The highest BCUT2D eigenvalue weighted by atomic mass is 19.4. The van der Waals surface area contributed by atoms with E-state index in [-0.39, 0.29) is 40.6 Å². The van der Waals surface area contributed by atoms with Crippen molar-refractivity contribution in [1.82, 2.24) is 0 Å². The highest BCUT2D eigenvalue weighted by molar-refractivity contribution is 6.23. The fraction of sp³-hybridized carbons (Fsp3) is 0.176. The molecule has 2 bridgehead atoms. The van der Waals surface area contributed by atoms with Crippen LogP contribution in [0.5, 0.6) is 0 Å². The number of rotatable bonds is 5. The summed E-state index contributed by atoms with van der Waals surface area (Å²) in [5.41, 5.74) is 3.35. The fourth-order valence-electron chi connectivity index (χ4n) is 6.89. The molecular formula is C34H23F3N2O5. The summed E-state index contributed by atoms with van der Waals surface area (Å²) in [5.74, 6) is -4.15. The Bertz CT molecular complexity index is 1750. The number of hydrogen-bond acceptors (Lipinski definition) is 5. The molecule has 8 rings (SSSR count). The maximum atomic E-state index is 14.0. The van der Waals surface area contributed by atoms with Gasteiger partial charge < -0.3 is 10.1 Å². The van der Waals surface area contributed by atoms with Gasteiger partial charge in [-0.1, -0.05) is 60.7 Å². The van der Waals surface area contributed by atoms with E-state index >= 15 is 0 Å². The number of hydrogen-bond donors (Lipinski definition) is 1. The first-order chi connectivity index (χ1) is 21.1. The highest BCUT2D eigenvalue weighted by Crippen LogP contribution is 2.61. The molecule has 44 heavy (non-hydrogen) atoms. The van der Waals surface area contributed by atoms with E-state index in [4.69, 9.17) is 4.74 Å². The van der Waals surface area contributed by atoms with Crippen molar-refractivity contribution in [3.63, 3.8) is 0 Å². The number of nitrogens with one attached hydrogen (secondary N) is 1. The van der Waals surface area contributed by atoms with Gasteiger partial charge in [-0.2, -0.15) is 13.2 Å². The summed E-state index contributed by atoms with van der Waals surface area (Å²) in [6, 6.07) is 25.7. The molecule has 0 spiro atoms. The van der Waals surface area contributed by atoms with Crippen LogP contribution in [0.1, 0.15) is 50.0 Å². The van der Waals surface area contributed by atoms with Gasteiger partial charge in [0.2, 0.25) is 11.8 Å². The van der Waals surface area contributed by atoms with Gasteiger partial charge in [0.15, 0.2) is 6.61 Å².